The zero-order chi connectivity index (χ0) is 14.2. The summed E-state index contributed by atoms with van der Waals surface area (Å²) in [5.74, 6) is 1.64. The third kappa shape index (κ3) is 4.42. The summed E-state index contributed by atoms with van der Waals surface area (Å²) in [5, 5.41) is 15.3. The largest absolute Gasteiger partial charge is 0.310 e. The molecule has 0 saturated heterocycles. The van der Waals surface area contributed by atoms with Gasteiger partial charge in [-0.15, -0.1) is 5.10 Å². The molecule has 0 unspecified atom stereocenters. The minimum atomic E-state index is 0.698. The third-order valence-electron chi connectivity index (χ3n) is 3.20. The minimum Gasteiger partial charge on any atom is -0.310 e. The van der Waals surface area contributed by atoms with Gasteiger partial charge in [0.25, 0.3) is 0 Å². The molecule has 1 aromatic carbocycles. The Balaban J connectivity index is 1.78. The number of unbranched alkanes of at least 4 members (excludes halogenated alkanes) is 1. The molecule has 5 nitrogen and oxygen atoms in total. The molecule has 0 spiro atoms. The van der Waals surface area contributed by atoms with Crippen molar-refractivity contribution in [1.82, 2.24) is 25.5 Å². The number of tetrazole rings is 1. The van der Waals surface area contributed by atoms with Gasteiger partial charge in [0.1, 0.15) is 0 Å². The first-order chi connectivity index (χ1) is 9.77. The molecular formula is C15H23N5. The molecule has 0 aliphatic heterocycles. The molecule has 1 N–H and O–H groups in total. The van der Waals surface area contributed by atoms with Crippen molar-refractivity contribution in [1.29, 1.82) is 0 Å². The number of hydrogen-bond donors (Lipinski definition) is 1. The van der Waals surface area contributed by atoms with Crippen molar-refractivity contribution >= 4 is 0 Å². The van der Waals surface area contributed by atoms with Crippen LogP contribution in [0.1, 0.15) is 38.9 Å². The van der Waals surface area contributed by atoms with Crippen molar-refractivity contribution in [2.75, 3.05) is 6.54 Å². The molecule has 1 heterocycles. The number of nitrogens with one attached hydrogen (secondary N) is 1. The Morgan fingerprint density at radius 3 is 2.70 bits per heavy atom. The maximum absolute atomic E-state index is 4.08. The molecule has 0 fully saturated rings. The van der Waals surface area contributed by atoms with Crippen LogP contribution >= 0.6 is 0 Å². The fourth-order valence-electron chi connectivity index (χ4n) is 2.09. The van der Waals surface area contributed by atoms with Crippen LogP contribution in [0.4, 0.5) is 0 Å². The lowest BCUT2D eigenvalue weighted by Gasteiger charge is -2.07. The quantitative estimate of drug-likeness (QED) is 0.751. The van der Waals surface area contributed by atoms with Gasteiger partial charge >= 0.3 is 0 Å². The standard InChI is InChI=1S/C15H23N5/c1-13(2)8-6-7-11-16-12-15-17-18-19-20(15)14-9-4-3-5-10-14/h3-5,9-10,13,16H,6-8,11-12H2,1-2H3. The molecule has 108 valence electrons. The van der Waals surface area contributed by atoms with E-state index in [2.05, 4.69) is 34.7 Å². The van der Waals surface area contributed by atoms with Crippen molar-refractivity contribution < 1.29 is 0 Å². The SMILES string of the molecule is CC(C)CCCCNCc1nnnn1-c1ccccc1. The summed E-state index contributed by atoms with van der Waals surface area (Å²) in [7, 11) is 0. The van der Waals surface area contributed by atoms with E-state index < -0.39 is 0 Å². The van der Waals surface area contributed by atoms with Crippen molar-refractivity contribution in [2.24, 2.45) is 5.92 Å². The van der Waals surface area contributed by atoms with Gasteiger partial charge in [-0.3, -0.25) is 0 Å². The normalized spacial score (nSPS) is 11.2. The van der Waals surface area contributed by atoms with Crippen molar-refractivity contribution in [2.45, 2.75) is 39.7 Å². The van der Waals surface area contributed by atoms with Crippen molar-refractivity contribution in [3.8, 4) is 5.69 Å². The van der Waals surface area contributed by atoms with Crippen molar-refractivity contribution in [3.63, 3.8) is 0 Å². The molecule has 2 rings (SSSR count). The van der Waals surface area contributed by atoms with Gasteiger partial charge in [-0.05, 0) is 41.4 Å². The maximum Gasteiger partial charge on any atom is 0.170 e. The lowest BCUT2D eigenvalue weighted by molar-refractivity contribution is 0.516. The Morgan fingerprint density at radius 1 is 1.15 bits per heavy atom. The van der Waals surface area contributed by atoms with E-state index in [9.17, 15) is 0 Å². The highest BCUT2D eigenvalue weighted by Gasteiger charge is 2.06. The molecule has 20 heavy (non-hydrogen) atoms. The van der Waals surface area contributed by atoms with Crippen molar-refractivity contribution in [3.05, 3.63) is 36.2 Å². The minimum absolute atomic E-state index is 0.698. The van der Waals surface area contributed by atoms with Gasteiger partial charge in [-0.25, -0.2) is 0 Å². The van der Waals surface area contributed by atoms with Crippen LogP contribution in [0.25, 0.3) is 5.69 Å². The molecule has 0 amide bonds. The van der Waals surface area contributed by atoms with Gasteiger partial charge in [-0.2, -0.15) is 4.68 Å². The van der Waals surface area contributed by atoms with E-state index in [1.807, 2.05) is 30.3 Å². The zero-order valence-corrected chi connectivity index (χ0v) is 12.3. The molecular weight excluding hydrogens is 250 g/mol. The maximum atomic E-state index is 4.08. The summed E-state index contributed by atoms with van der Waals surface area (Å²) in [5.41, 5.74) is 0.995. The summed E-state index contributed by atoms with van der Waals surface area (Å²) in [6, 6.07) is 9.96. The zero-order valence-electron chi connectivity index (χ0n) is 12.3. The van der Waals surface area contributed by atoms with E-state index in [1.165, 1.54) is 19.3 Å². The average Bonchev–Trinajstić information content (AvgIpc) is 2.92. The van der Waals surface area contributed by atoms with Crippen LogP contribution in [0.3, 0.4) is 0 Å². The van der Waals surface area contributed by atoms with Crippen LogP contribution in [0.2, 0.25) is 0 Å². The molecule has 2 aromatic rings. The molecule has 0 atom stereocenters. The average molecular weight is 273 g/mol. The van der Waals surface area contributed by atoms with Crippen LogP contribution in [0.15, 0.2) is 30.3 Å². The summed E-state index contributed by atoms with van der Waals surface area (Å²) in [6.45, 7) is 6.24. The Hall–Kier alpha value is -1.75. The number of para-hydroxylation sites is 1. The number of hydrogen-bond acceptors (Lipinski definition) is 4. The monoisotopic (exact) mass is 273 g/mol. The first-order valence-electron chi connectivity index (χ1n) is 7.31. The molecule has 0 aliphatic carbocycles. The molecule has 0 aliphatic rings. The fraction of sp³-hybridized carbons (Fsp3) is 0.533. The lowest BCUT2D eigenvalue weighted by atomic mass is 10.1. The van der Waals surface area contributed by atoms with E-state index in [-0.39, 0.29) is 0 Å². The number of rotatable bonds is 8. The summed E-state index contributed by atoms with van der Waals surface area (Å²) in [6.07, 6.45) is 3.77. The van der Waals surface area contributed by atoms with Gasteiger partial charge in [-0.1, -0.05) is 44.9 Å². The van der Waals surface area contributed by atoms with Crippen LogP contribution in [-0.2, 0) is 6.54 Å². The summed E-state index contributed by atoms with van der Waals surface area (Å²) < 4.78 is 1.78. The molecule has 5 heteroatoms. The van der Waals surface area contributed by atoms with Gasteiger partial charge in [0, 0.05) is 0 Å². The predicted octanol–water partition coefficient (Wildman–Crippen LogP) is 2.58. The topological polar surface area (TPSA) is 55.6 Å². The van der Waals surface area contributed by atoms with E-state index in [0.717, 1.165) is 24.0 Å². The van der Waals surface area contributed by atoms with E-state index >= 15 is 0 Å². The van der Waals surface area contributed by atoms with E-state index in [4.69, 9.17) is 0 Å². The van der Waals surface area contributed by atoms with Gasteiger partial charge in [0.05, 0.1) is 12.2 Å². The molecule has 0 radical (unpaired) electrons. The van der Waals surface area contributed by atoms with Gasteiger partial charge < -0.3 is 5.32 Å². The van der Waals surface area contributed by atoms with Crippen LogP contribution in [-0.4, -0.2) is 26.8 Å². The third-order valence-corrected chi connectivity index (χ3v) is 3.20. The highest BCUT2D eigenvalue weighted by atomic mass is 15.5. The second-order valence-corrected chi connectivity index (χ2v) is 5.41. The summed E-state index contributed by atoms with van der Waals surface area (Å²) in [4.78, 5) is 0. The first kappa shape index (κ1) is 14.7. The first-order valence-corrected chi connectivity index (χ1v) is 7.31. The lowest BCUT2D eigenvalue weighted by Crippen LogP contribution is -2.18. The van der Waals surface area contributed by atoms with Gasteiger partial charge in [0.15, 0.2) is 5.82 Å². The Kier molecular flexibility index (Phi) is 5.68. The second-order valence-electron chi connectivity index (χ2n) is 5.41. The Morgan fingerprint density at radius 2 is 1.95 bits per heavy atom. The Labute approximate surface area is 120 Å². The van der Waals surface area contributed by atoms with Crippen LogP contribution in [0, 0.1) is 5.92 Å². The number of aromatic nitrogens is 4. The number of nitrogens with zero attached hydrogens (tertiary/aromatic N) is 4. The van der Waals surface area contributed by atoms with E-state index in [0.29, 0.717) is 6.54 Å². The molecule has 1 aromatic heterocycles. The Bertz CT molecular complexity index is 492. The highest BCUT2D eigenvalue weighted by Crippen LogP contribution is 2.07. The molecule has 0 saturated carbocycles. The fourth-order valence-corrected chi connectivity index (χ4v) is 2.09. The summed E-state index contributed by atoms with van der Waals surface area (Å²) >= 11 is 0. The van der Waals surface area contributed by atoms with E-state index in [1.54, 1.807) is 4.68 Å². The smallest absolute Gasteiger partial charge is 0.170 e. The van der Waals surface area contributed by atoms with Gasteiger partial charge in [0.2, 0.25) is 0 Å². The van der Waals surface area contributed by atoms with Crippen LogP contribution in [0.5, 0.6) is 0 Å². The highest BCUT2D eigenvalue weighted by molar-refractivity contribution is 5.30. The molecule has 0 bridgehead atoms. The number of benzene rings is 1. The second kappa shape index (κ2) is 7.75. The predicted molar refractivity (Wildman–Crippen MR) is 79.5 cm³/mol. The van der Waals surface area contributed by atoms with Crippen LogP contribution < -0.4 is 5.32 Å².